The Morgan fingerprint density at radius 1 is 1.22 bits per heavy atom. The smallest absolute Gasteiger partial charge is 0.316 e. The van der Waals surface area contributed by atoms with Crippen LogP contribution in [0, 0.1) is 6.92 Å². The van der Waals surface area contributed by atoms with Gasteiger partial charge in [0.2, 0.25) is 0 Å². The van der Waals surface area contributed by atoms with E-state index in [1.165, 1.54) is 0 Å². The first-order valence-electron chi connectivity index (χ1n) is 7.56. The normalized spacial score (nSPS) is 16.1. The molecule has 3 rings (SSSR count). The molecule has 2 amide bonds. The summed E-state index contributed by atoms with van der Waals surface area (Å²) in [5, 5.41) is 2.62. The van der Waals surface area contributed by atoms with Crippen LogP contribution in [-0.2, 0) is 16.0 Å². The minimum Gasteiger partial charge on any atom is -0.397 e. The van der Waals surface area contributed by atoms with E-state index in [9.17, 15) is 9.59 Å². The van der Waals surface area contributed by atoms with E-state index in [4.69, 9.17) is 5.73 Å². The number of rotatable bonds is 1. The van der Waals surface area contributed by atoms with Gasteiger partial charge in [0.05, 0.1) is 11.4 Å². The third-order valence-electron chi connectivity index (χ3n) is 4.08. The van der Waals surface area contributed by atoms with Crippen molar-refractivity contribution >= 4 is 28.9 Å². The average molecular weight is 309 g/mol. The van der Waals surface area contributed by atoms with Gasteiger partial charge in [-0.1, -0.05) is 24.3 Å². The van der Waals surface area contributed by atoms with Crippen LogP contribution in [0.4, 0.5) is 17.1 Å². The number of carbonyl (C=O) groups excluding carboxylic acids is 2. The maximum atomic E-state index is 12.6. The molecule has 5 heteroatoms. The van der Waals surface area contributed by atoms with E-state index in [2.05, 4.69) is 5.32 Å². The van der Waals surface area contributed by atoms with Gasteiger partial charge in [0.15, 0.2) is 0 Å². The van der Waals surface area contributed by atoms with Gasteiger partial charge in [0.1, 0.15) is 0 Å². The van der Waals surface area contributed by atoms with Crippen molar-refractivity contribution in [1.82, 2.24) is 0 Å². The monoisotopic (exact) mass is 309 g/mol. The van der Waals surface area contributed by atoms with Crippen molar-refractivity contribution in [3.63, 3.8) is 0 Å². The summed E-state index contributed by atoms with van der Waals surface area (Å²) in [5.41, 5.74) is 9.60. The Balaban J connectivity index is 1.83. The standard InChI is InChI=1S/C18H19N3O2/c1-11-7-8-14(19)15(9-11)20-17(22)18(23)21-12(2)10-13-5-3-4-6-16(13)21/h3-9,12H,10,19H2,1-2H3,(H,20,22). The largest absolute Gasteiger partial charge is 0.397 e. The summed E-state index contributed by atoms with van der Waals surface area (Å²) in [5.74, 6) is -1.24. The van der Waals surface area contributed by atoms with E-state index in [0.717, 1.165) is 23.2 Å². The van der Waals surface area contributed by atoms with Crippen molar-refractivity contribution in [3.05, 3.63) is 53.6 Å². The number of nitrogens with two attached hydrogens (primary N) is 1. The van der Waals surface area contributed by atoms with Crippen LogP contribution in [0.25, 0.3) is 0 Å². The molecule has 1 atom stereocenters. The quantitative estimate of drug-likeness (QED) is 0.628. The van der Waals surface area contributed by atoms with Crippen molar-refractivity contribution in [2.75, 3.05) is 16.0 Å². The zero-order chi connectivity index (χ0) is 16.6. The first-order chi connectivity index (χ1) is 11.0. The number of amides is 2. The zero-order valence-electron chi connectivity index (χ0n) is 13.2. The van der Waals surface area contributed by atoms with Gasteiger partial charge in [0, 0.05) is 11.7 Å². The van der Waals surface area contributed by atoms with Crippen LogP contribution in [0.15, 0.2) is 42.5 Å². The highest BCUT2D eigenvalue weighted by Crippen LogP contribution is 2.32. The first kappa shape index (κ1) is 15.1. The molecule has 1 aliphatic heterocycles. The molecule has 0 aliphatic carbocycles. The molecule has 0 aromatic heterocycles. The number of anilines is 3. The fraction of sp³-hybridized carbons (Fsp3) is 0.222. The number of hydrogen-bond acceptors (Lipinski definition) is 3. The van der Waals surface area contributed by atoms with Crippen LogP contribution in [0.2, 0.25) is 0 Å². The van der Waals surface area contributed by atoms with Gasteiger partial charge in [0.25, 0.3) is 0 Å². The van der Waals surface area contributed by atoms with Crippen molar-refractivity contribution in [2.45, 2.75) is 26.3 Å². The predicted octanol–water partition coefficient (Wildman–Crippen LogP) is 2.49. The molecule has 1 unspecified atom stereocenters. The summed E-state index contributed by atoms with van der Waals surface area (Å²) in [7, 11) is 0. The number of benzene rings is 2. The molecule has 23 heavy (non-hydrogen) atoms. The number of carbonyl (C=O) groups is 2. The van der Waals surface area contributed by atoms with E-state index >= 15 is 0 Å². The van der Waals surface area contributed by atoms with E-state index in [0.29, 0.717) is 11.4 Å². The minimum absolute atomic E-state index is 0.0412. The fourth-order valence-electron chi connectivity index (χ4n) is 2.94. The summed E-state index contributed by atoms with van der Waals surface area (Å²) in [6.45, 7) is 3.84. The number of para-hydroxylation sites is 1. The Morgan fingerprint density at radius 3 is 2.74 bits per heavy atom. The molecule has 0 spiro atoms. The highest BCUT2D eigenvalue weighted by atomic mass is 16.2. The van der Waals surface area contributed by atoms with E-state index < -0.39 is 11.8 Å². The molecular weight excluding hydrogens is 290 g/mol. The van der Waals surface area contributed by atoms with Crippen LogP contribution in [0.3, 0.4) is 0 Å². The van der Waals surface area contributed by atoms with Gasteiger partial charge in [-0.2, -0.15) is 0 Å². The van der Waals surface area contributed by atoms with Gasteiger partial charge in [-0.25, -0.2) is 0 Å². The molecule has 1 heterocycles. The Morgan fingerprint density at radius 2 is 1.96 bits per heavy atom. The Kier molecular flexibility index (Phi) is 3.78. The topological polar surface area (TPSA) is 75.4 Å². The number of nitrogens with one attached hydrogen (secondary N) is 1. The van der Waals surface area contributed by atoms with Gasteiger partial charge in [-0.3, -0.25) is 9.59 Å². The first-order valence-corrected chi connectivity index (χ1v) is 7.56. The average Bonchev–Trinajstić information content (AvgIpc) is 2.86. The maximum absolute atomic E-state index is 12.6. The summed E-state index contributed by atoms with van der Waals surface area (Å²) in [6, 6.07) is 12.9. The lowest BCUT2D eigenvalue weighted by Crippen LogP contribution is -2.43. The maximum Gasteiger partial charge on any atom is 0.316 e. The Hall–Kier alpha value is -2.82. The fourth-order valence-corrected chi connectivity index (χ4v) is 2.94. The molecular formula is C18H19N3O2. The van der Waals surface area contributed by atoms with Gasteiger partial charge in [-0.15, -0.1) is 0 Å². The predicted molar refractivity (Wildman–Crippen MR) is 91.3 cm³/mol. The van der Waals surface area contributed by atoms with Crippen LogP contribution in [0.5, 0.6) is 0 Å². The van der Waals surface area contributed by atoms with Crippen LogP contribution < -0.4 is 16.0 Å². The SMILES string of the molecule is Cc1ccc(N)c(NC(=O)C(=O)N2c3ccccc3CC2C)c1. The van der Waals surface area contributed by atoms with Gasteiger partial charge >= 0.3 is 11.8 Å². The lowest BCUT2D eigenvalue weighted by Gasteiger charge is -2.22. The van der Waals surface area contributed by atoms with Gasteiger partial charge < -0.3 is 16.0 Å². The summed E-state index contributed by atoms with van der Waals surface area (Å²) in [6.07, 6.45) is 0.752. The molecule has 2 aromatic carbocycles. The molecule has 118 valence electrons. The van der Waals surface area contributed by atoms with Crippen molar-refractivity contribution in [3.8, 4) is 0 Å². The van der Waals surface area contributed by atoms with Crippen LogP contribution in [0.1, 0.15) is 18.1 Å². The summed E-state index contributed by atoms with van der Waals surface area (Å²) in [4.78, 5) is 26.5. The second kappa shape index (κ2) is 5.76. The summed E-state index contributed by atoms with van der Waals surface area (Å²) < 4.78 is 0. The van der Waals surface area contributed by atoms with Crippen molar-refractivity contribution < 1.29 is 9.59 Å². The highest BCUT2D eigenvalue weighted by Gasteiger charge is 2.34. The van der Waals surface area contributed by atoms with Gasteiger partial charge in [-0.05, 0) is 49.6 Å². The molecule has 0 saturated heterocycles. The molecule has 0 bridgehead atoms. The molecule has 0 saturated carbocycles. The van der Waals surface area contributed by atoms with E-state index in [1.54, 1.807) is 17.0 Å². The zero-order valence-corrected chi connectivity index (χ0v) is 13.2. The van der Waals surface area contributed by atoms with Crippen LogP contribution >= 0.6 is 0 Å². The number of hydrogen-bond donors (Lipinski definition) is 2. The Bertz CT molecular complexity index is 786. The third-order valence-corrected chi connectivity index (χ3v) is 4.08. The Labute approximate surface area is 135 Å². The minimum atomic E-state index is -0.675. The van der Waals surface area contributed by atoms with Crippen molar-refractivity contribution in [1.29, 1.82) is 0 Å². The third kappa shape index (κ3) is 2.77. The molecule has 0 fully saturated rings. The van der Waals surface area contributed by atoms with Crippen molar-refractivity contribution in [2.24, 2.45) is 0 Å². The van der Waals surface area contributed by atoms with Crippen LogP contribution in [-0.4, -0.2) is 17.9 Å². The second-order valence-corrected chi connectivity index (χ2v) is 5.90. The molecule has 3 N–H and O–H groups in total. The lowest BCUT2D eigenvalue weighted by atomic mass is 10.1. The number of aryl methyl sites for hydroxylation is 1. The highest BCUT2D eigenvalue weighted by molar-refractivity contribution is 6.44. The van der Waals surface area contributed by atoms with E-state index in [1.807, 2.05) is 44.2 Å². The number of nitrogen functional groups attached to an aromatic ring is 1. The van der Waals surface area contributed by atoms with E-state index in [-0.39, 0.29) is 6.04 Å². The molecule has 1 aliphatic rings. The second-order valence-electron chi connectivity index (χ2n) is 5.90. The number of nitrogens with zero attached hydrogens (tertiary/aromatic N) is 1. The molecule has 5 nitrogen and oxygen atoms in total. The molecule has 0 radical (unpaired) electrons. The number of fused-ring (bicyclic) bond motifs is 1. The molecule has 2 aromatic rings. The lowest BCUT2D eigenvalue weighted by molar-refractivity contribution is -0.134. The summed E-state index contributed by atoms with van der Waals surface area (Å²) >= 11 is 0.